The Morgan fingerprint density at radius 1 is 0.339 bits per heavy atom. The van der Waals surface area contributed by atoms with Crippen molar-refractivity contribution in [3.8, 4) is 0 Å². The monoisotopic (exact) mass is 829 g/mol. The molecule has 0 bridgehead atoms. The highest BCUT2D eigenvalue weighted by Gasteiger charge is 2.52. The van der Waals surface area contributed by atoms with Crippen LogP contribution in [0.3, 0.4) is 0 Å². The smallest absolute Gasteiger partial charge is 0.200 e. The average molecular weight is 829 g/mol. The minimum Gasteiger partial charge on any atom is -0.325 e. The number of hydrogen-bond donors (Lipinski definition) is 1. The lowest BCUT2D eigenvalue weighted by molar-refractivity contribution is -0.255. The topological polar surface area (TPSA) is 27.6 Å². The van der Waals surface area contributed by atoms with Crippen LogP contribution in [0.2, 0.25) is 0 Å². The predicted octanol–water partition coefficient (Wildman–Crippen LogP) is 7.53. The Bertz CT molecular complexity index is 2030. The molecule has 0 saturated heterocycles. The van der Waals surface area contributed by atoms with E-state index in [2.05, 4.69) is 37.8 Å². The number of quaternary nitrogens is 1. The second-order valence-electron chi connectivity index (χ2n) is 11.6. The summed E-state index contributed by atoms with van der Waals surface area (Å²) in [6.45, 7) is 4.37. The summed E-state index contributed by atoms with van der Waals surface area (Å²) in [7, 11) is 0. The normalized spacial score (nSPS) is 11.6. The molecule has 0 aliphatic heterocycles. The molecular weight excluding hydrogens is 813 g/mol. The summed E-state index contributed by atoms with van der Waals surface area (Å²) in [6.07, 6.45) is -5.00. The van der Waals surface area contributed by atoms with Crippen molar-refractivity contribution in [2.24, 2.45) is 0 Å². The number of rotatable bonds is 6. The summed E-state index contributed by atoms with van der Waals surface area (Å²) >= 11 is 0. The van der Waals surface area contributed by atoms with E-state index >= 15 is 35.1 Å². The van der Waals surface area contributed by atoms with Gasteiger partial charge >= 0.3 is 0 Å². The molecule has 5 rings (SSSR count). The van der Waals surface area contributed by atoms with Gasteiger partial charge in [0.05, 0.1) is 0 Å². The van der Waals surface area contributed by atoms with Crippen molar-refractivity contribution in [3.63, 3.8) is 0 Å². The van der Waals surface area contributed by atoms with Gasteiger partial charge in [0.2, 0.25) is 0 Å². The first-order valence-corrected chi connectivity index (χ1v) is 15.2. The van der Waals surface area contributed by atoms with Gasteiger partial charge in [-0.2, -0.15) is 0 Å². The Kier molecular flexibility index (Phi) is 12.2. The van der Waals surface area contributed by atoms with Gasteiger partial charge in [-0.3, -0.25) is 0 Å². The van der Waals surface area contributed by atoms with Gasteiger partial charge in [-0.05, 0) is 24.5 Å². The summed E-state index contributed by atoms with van der Waals surface area (Å²) < 4.78 is 294. The van der Waals surface area contributed by atoms with Crippen LogP contribution in [0.25, 0.3) is 0 Å². The van der Waals surface area contributed by atoms with Crippen molar-refractivity contribution in [1.29, 1.82) is 0 Å². The first kappa shape index (κ1) is 43.5. The zero-order valence-corrected chi connectivity index (χ0v) is 27.5. The molecule has 0 radical (unpaired) electrons. The fraction of sp³-hybridized carbons (Fsp3) is 0.118. The van der Waals surface area contributed by atoms with E-state index in [9.17, 15) is 52.7 Å². The van der Waals surface area contributed by atoms with Gasteiger partial charge in [0.15, 0.2) is 69.8 Å². The largest absolute Gasteiger partial charge is 0.325 e. The maximum absolute atomic E-state index is 15.4. The molecule has 1 nitrogen and oxygen atoms in total. The van der Waals surface area contributed by atoms with Crippen LogP contribution < -0.4 is 27.6 Å². The van der Waals surface area contributed by atoms with Gasteiger partial charge in [-0.25, -0.2) is 87.8 Å². The maximum Gasteiger partial charge on any atom is 0.200 e. The van der Waals surface area contributed by atoms with E-state index in [1.165, 1.54) is 16.8 Å². The second-order valence-corrected chi connectivity index (χ2v) is 11.6. The fourth-order valence-electron chi connectivity index (χ4n) is 6.35. The first-order valence-electron chi connectivity index (χ1n) is 15.2. The van der Waals surface area contributed by atoms with Crippen molar-refractivity contribution in [3.05, 3.63) is 146 Å². The number of benzene rings is 5. The van der Waals surface area contributed by atoms with Crippen molar-refractivity contribution >= 4 is 33.7 Å². The Labute approximate surface area is 299 Å². The van der Waals surface area contributed by atoms with Crippen LogP contribution >= 0.6 is 0 Å². The van der Waals surface area contributed by atoms with Gasteiger partial charge in [0.1, 0.15) is 58.4 Å². The standard InChI is InChI=1S/C24BF20.C10H15N/c26-5-1(6(27)14(35)21(42)13(5)34)25(2-7(28)15(36)22(43)16(37)8(2)29,3-9(30)17(38)23(44)18(39)10(3)31)4-11(32)19(40)24(45)20(41)12(4)33;1-3-8-6-5-7-10(11)9(8)4-2/h;5-7H,3-4,11H2,1-2H3/q-1;/p+1. The molecule has 0 saturated carbocycles. The maximum atomic E-state index is 15.4. The van der Waals surface area contributed by atoms with E-state index in [1.807, 2.05) is 0 Å². The van der Waals surface area contributed by atoms with E-state index in [0.29, 0.717) is 0 Å². The lowest BCUT2D eigenvalue weighted by Gasteiger charge is -2.44. The van der Waals surface area contributed by atoms with Crippen LogP contribution in [0.15, 0.2) is 18.2 Å². The number of halogens is 20. The molecule has 0 heterocycles. The molecule has 56 heavy (non-hydrogen) atoms. The molecule has 0 atom stereocenters. The van der Waals surface area contributed by atoms with Gasteiger partial charge in [-0.1, -0.05) is 26.0 Å². The van der Waals surface area contributed by atoms with Crippen molar-refractivity contribution in [1.82, 2.24) is 0 Å². The van der Waals surface area contributed by atoms with Gasteiger partial charge in [-0.15, -0.1) is 21.9 Å². The van der Waals surface area contributed by atoms with E-state index in [-0.39, 0.29) is 0 Å². The highest BCUT2D eigenvalue weighted by Crippen LogP contribution is 2.30. The summed E-state index contributed by atoms with van der Waals surface area (Å²) in [5, 5.41) is 0. The fourth-order valence-corrected chi connectivity index (χ4v) is 6.35. The van der Waals surface area contributed by atoms with E-state index in [1.54, 1.807) is 0 Å². The summed E-state index contributed by atoms with van der Waals surface area (Å²) in [5.41, 5.74) is -6.27. The Morgan fingerprint density at radius 2 is 0.554 bits per heavy atom. The zero-order chi connectivity index (χ0) is 42.6. The van der Waals surface area contributed by atoms with E-state index < -0.39 is 144 Å². The van der Waals surface area contributed by atoms with Crippen LogP contribution in [-0.2, 0) is 12.8 Å². The van der Waals surface area contributed by atoms with Gasteiger partial charge < -0.3 is 5.73 Å². The molecule has 300 valence electrons. The number of hydrogen-bond acceptors (Lipinski definition) is 0. The summed E-state index contributed by atoms with van der Waals surface area (Å²) in [6, 6.07) is 6.35. The lowest BCUT2D eigenvalue weighted by Crippen LogP contribution is -2.81. The summed E-state index contributed by atoms with van der Waals surface area (Å²) in [5.74, 6) is -71.4. The SMILES string of the molecule is CCc1cccc([NH3+])c1CC.Fc1c(F)c(F)c([B-](c2c(F)c(F)c(F)c(F)c2F)(c2c(F)c(F)c(F)c(F)c2F)c2c(F)c(F)c(F)c(F)c2F)c(F)c1F. The Balaban J connectivity index is 0.000000544. The molecule has 0 fully saturated rings. The average Bonchev–Trinajstić information content (AvgIpc) is 3.17. The predicted molar refractivity (Wildman–Crippen MR) is 157 cm³/mol. The van der Waals surface area contributed by atoms with Gasteiger partial charge in [0, 0.05) is 5.56 Å². The third-order valence-electron chi connectivity index (χ3n) is 8.81. The molecule has 0 aliphatic rings. The summed E-state index contributed by atoms with van der Waals surface area (Å²) in [4.78, 5) is 0. The third-order valence-corrected chi connectivity index (χ3v) is 8.81. The Morgan fingerprint density at radius 3 is 0.732 bits per heavy atom. The highest BCUT2D eigenvalue weighted by molar-refractivity contribution is 7.20. The van der Waals surface area contributed by atoms with E-state index in [4.69, 9.17) is 0 Å². The van der Waals surface area contributed by atoms with E-state index in [0.717, 1.165) is 12.8 Å². The molecule has 5 aromatic rings. The highest BCUT2D eigenvalue weighted by atomic mass is 19.2. The molecule has 5 aromatic carbocycles. The molecule has 0 amide bonds. The van der Waals surface area contributed by atoms with Crippen molar-refractivity contribution < 1.29 is 93.5 Å². The minimum atomic E-state index is -7.22. The second kappa shape index (κ2) is 15.7. The van der Waals surface area contributed by atoms with Crippen LogP contribution in [0.5, 0.6) is 0 Å². The van der Waals surface area contributed by atoms with Crippen molar-refractivity contribution in [2.75, 3.05) is 0 Å². The van der Waals surface area contributed by atoms with Crippen LogP contribution in [0, 0.1) is 116 Å². The quantitative estimate of drug-likeness (QED) is 0.0795. The molecule has 0 spiro atoms. The number of aryl methyl sites for hydroxylation is 1. The van der Waals surface area contributed by atoms with Crippen LogP contribution in [-0.4, -0.2) is 6.15 Å². The Hall–Kier alpha value is -5.28. The van der Waals surface area contributed by atoms with Crippen molar-refractivity contribution in [2.45, 2.75) is 26.7 Å². The minimum absolute atomic E-state index is 1.10. The molecular formula is C34H16BF20N. The van der Waals surface area contributed by atoms with Crippen LogP contribution in [0.1, 0.15) is 25.0 Å². The van der Waals surface area contributed by atoms with Crippen LogP contribution in [0.4, 0.5) is 93.5 Å². The third kappa shape index (κ3) is 6.30. The molecule has 0 aliphatic carbocycles. The lowest BCUT2D eigenvalue weighted by atomic mass is 9.12. The molecule has 0 aromatic heterocycles. The molecule has 3 N–H and O–H groups in total. The first-order chi connectivity index (χ1) is 26.0. The zero-order valence-electron chi connectivity index (χ0n) is 27.5. The molecule has 0 unspecified atom stereocenters. The molecule has 22 heteroatoms. The van der Waals surface area contributed by atoms with Gasteiger partial charge in [0.25, 0.3) is 0 Å².